The maximum Gasteiger partial charge on any atom is 0.411 e. The van der Waals surface area contributed by atoms with Crippen LogP contribution in [-0.4, -0.2) is 60.3 Å². The molecule has 0 saturated carbocycles. The molecule has 7 nitrogen and oxygen atoms in total. The first-order valence-electron chi connectivity index (χ1n) is 8.85. The molecule has 1 fully saturated rings. The summed E-state index contributed by atoms with van der Waals surface area (Å²) in [7, 11) is 0. The third-order valence-electron chi connectivity index (χ3n) is 3.97. The lowest BCUT2D eigenvalue weighted by atomic mass is 10.1. The lowest BCUT2D eigenvalue weighted by molar-refractivity contribution is -0.160. The fourth-order valence-corrected chi connectivity index (χ4v) is 3.00. The molecule has 160 valence electrons. The third-order valence-corrected chi connectivity index (χ3v) is 4.50. The van der Waals surface area contributed by atoms with E-state index in [1.54, 1.807) is 45.0 Å². The molecule has 1 aromatic carbocycles. The predicted molar refractivity (Wildman–Crippen MR) is 102 cm³/mol. The number of esters is 1. The monoisotopic (exact) mass is 477 g/mol. The number of hydrogen-bond donors (Lipinski definition) is 0. The maximum atomic E-state index is 12.6. The van der Waals surface area contributed by atoms with Gasteiger partial charge < -0.3 is 14.2 Å². The van der Waals surface area contributed by atoms with Gasteiger partial charge in [-0.2, -0.15) is 8.78 Å². The van der Waals surface area contributed by atoms with Crippen molar-refractivity contribution in [1.29, 1.82) is 0 Å². The average molecular weight is 478 g/mol. The van der Waals surface area contributed by atoms with Gasteiger partial charge in [0.25, 0.3) is 0 Å². The Balaban J connectivity index is 2.04. The number of alkyl halides is 2. The molecular weight excluding hydrogens is 456 g/mol. The molecule has 0 aromatic heterocycles. The second-order valence-electron chi connectivity index (χ2n) is 7.44. The Kier molecular flexibility index (Phi) is 7.70. The zero-order chi connectivity index (χ0) is 21.8. The van der Waals surface area contributed by atoms with E-state index >= 15 is 0 Å². The van der Waals surface area contributed by atoms with Crippen molar-refractivity contribution in [3.63, 3.8) is 0 Å². The highest BCUT2D eigenvalue weighted by Crippen LogP contribution is 2.25. The van der Waals surface area contributed by atoms with Crippen molar-refractivity contribution < 1.29 is 37.4 Å². The molecule has 0 spiro atoms. The minimum absolute atomic E-state index is 0.186. The number of carbonyl (C=O) groups is 3. The zero-order valence-electron chi connectivity index (χ0n) is 16.2. The summed E-state index contributed by atoms with van der Waals surface area (Å²) >= 11 is 3.25. The normalized spacial score (nSPS) is 19.3. The van der Waals surface area contributed by atoms with Gasteiger partial charge in [-0.05, 0) is 32.9 Å². The number of ether oxygens (including phenoxy) is 3. The fourth-order valence-electron chi connectivity index (χ4n) is 2.74. The van der Waals surface area contributed by atoms with Gasteiger partial charge in [0.05, 0.1) is 12.6 Å². The number of carbonyl (C=O) groups excluding carboxylic acids is 3. The molecule has 1 saturated heterocycles. The molecule has 1 aliphatic heterocycles. The van der Waals surface area contributed by atoms with Crippen LogP contribution in [0.15, 0.2) is 28.7 Å². The molecule has 0 bridgehead atoms. The van der Waals surface area contributed by atoms with Gasteiger partial charge in [0.15, 0.2) is 12.4 Å². The van der Waals surface area contributed by atoms with E-state index in [-0.39, 0.29) is 13.0 Å². The van der Waals surface area contributed by atoms with Gasteiger partial charge in [-0.1, -0.05) is 28.1 Å². The van der Waals surface area contributed by atoms with Crippen molar-refractivity contribution in [1.82, 2.24) is 4.90 Å². The first-order valence-corrected chi connectivity index (χ1v) is 9.64. The molecule has 0 aliphatic carbocycles. The van der Waals surface area contributed by atoms with Crippen LogP contribution in [0.3, 0.4) is 0 Å². The number of Topliss-reactive ketones (excluding diaryl/α,β-unsaturated/α-hetero) is 1. The molecule has 29 heavy (non-hydrogen) atoms. The van der Waals surface area contributed by atoms with Crippen LogP contribution in [-0.2, 0) is 19.0 Å². The third kappa shape index (κ3) is 7.04. The summed E-state index contributed by atoms with van der Waals surface area (Å²) in [5, 5.41) is 0. The Bertz CT molecular complexity index is 750. The molecule has 1 amide bonds. The molecular formula is C19H22BrF2NO6. The molecule has 1 aliphatic rings. The average Bonchev–Trinajstić information content (AvgIpc) is 3.02. The van der Waals surface area contributed by atoms with Crippen molar-refractivity contribution in [2.24, 2.45) is 0 Å². The molecule has 1 aromatic rings. The Morgan fingerprint density at radius 2 is 1.83 bits per heavy atom. The summed E-state index contributed by atoms with van der Waals surface area (Å²) in [5.74, 6) is -1.32. The number of halogens is 3. The molecule has 2 atom stereocenters. The fraction of sp³-hybridized carbons (Fsp3) is 0.526. The lowest BCUT2D eigenvalue weighted by Gasteiger charge is -2.27. The topological polar surface area (TPSA) is 82.1 Å². The zero-order valence-corrected chi connectivity index (χ0v) is 17.8. The van der Waals surface area contributed by atoms with E-state index in [9.17, 15) is 23.2 Å². The van der Waals surface area contributed by atoms with Crippen molar-refractivity contribution in [3.05, 3.63) is 34.3 Å². The van der Waals surface area contributed by atoms with Crippen LogP contribution in [0.5, 0.6) is 0 Å². The molecule has 10 heteroatoms. The summed E-state index contributed by atoms with van der Waals surface area (Å²) in [5.41, 5.74) is -0.500. The summed E-state index contributed by atoms with van der Waals surface area (Å²) in [4.78, 5) is 38.0. The Hall–Kier alpha value is -2.07. The van der Waals surface area contributed by atoms with E-state index in [0.717, 1.165) is 9.37 Å². The second-order valence-corrected chi connectivity index (χ2v) is 8.36. The summed E-state index contributed by atoms with van der Waals surface area (Å²) in [6.07, 6.45) is -2.09. The van der Waals surface area contributed by atoms with Crippen LogP contribution >= 0.6 is 15.9 Å². The lowest BCUT2D eigenvalue weighted by Crippen LogP contribution is -2.44. The standard InChI is InChI=1S/C19H22BrF2NO6/c1-19(2,3)29-18(26)23-9-13(28-17(21)22)8-14(23)16(25)27-10-15(24)11-4-6-12(20)7-5-11/h4-7,13-14,17H,8-10H2,1-3H3. The molecule has 2 rings (SSSR count). The summed E-state index contributed by atoms with van der Waals surface area (Å²) in [6.45, 7) is 1.07. The van der Waals surface area contributed by atoms with E-state index in [0.29, 0.717) is 5.56 Å². The summed E-state index contributed by atoms with van der Waals surface area (Å²) in [6, 6.07) is 5.28. The SMILES string of the molecule is CC(C)(C)OC(=O)N1CC(OC(F)F)CC1C(=O)OCC(=O)c1ccc(Br)cc1. The number of benzene rings is 1. The number of ketones is 1. The van der Waals surface area contributed by atoms with Crippen LogP contribution in [0, 0.1) is 0 Å². The number of nitrogens with zero attached hydrogens (tertiary/aromatic N) is 1. The number of amides is 1. The quantitative estimate of drug-likeness (QED) is 0.457. The highest BCUT2D eigenvalue weighted by Gasteiger charge is 2.44. The van der Waals surface area contributed by atoms with E-state index in [2.05, 4.69) is 20.7 Å². The van der Waals surface area contributed by atoms with Gasteiger partial charge in [-0.3, -0.25) is 9.69 Å². The number of rotatable bonds is 6. The van der Waals surface area contributed by atoms with Crippen LogP contribution < -0.4 is 0 Å². The van der Waals surface area contributed by atoms with Gasteiger partial charge >= 0.3 is 18.7 Å². The first kappa shape index (κ1) is 23.2. The number of likely N-dealkylation sites (tertiary alicyclic amines) is 1. The van der Waals surface area contributed by atoms with Crippen LogP contribution in [0.4, 0.5) is 13.6 Å². The minimum Gasteiger partial charge on any atom is -0.456 e. The predicted octanol–water partition coefficient (Wildman–Crippen LogP) is 3.79. The first-order chi connectivity index (χ1) is 13.5. The summed E-state index contributed by atoms with van der Waals surface area (Å²) < 4.78 is 40.6. The Morgan fingerprint density at radius 1 is 1.21 bits per heavy atom. The van der Waals surface area contributed by atoms with Gasteiger partial charge in [0.2, 0.25) is 0 Å². The Morgan fingerprint density at radius 3 is 2.38 bits per heavy atom. The van der Waals surface area contributed by atoms with Crippen molar-refractivity contribution >= 4 is 33.8 Å². The van der Waals surface area contributed by atoms with Crippen molar-refractivity contribution in [2.45, 2.75) is 51.6 Å². The van der Waals surface area contributed by atoms with Crippen molar-refractivity contribution in [3.8, 4) is 0 Å². The molecule has 1 heterocycles. The highest BCUT2D eigenvalue weighted by molar-refractivity contribution is 9.10. The molecule has 0 radical (unpaired) electrons. The van der Waals surface area contributed by atoms with Gasteiger partial charge in [-0.15, -0.1) is 0 Å². The van der Waals surface area contributed by atoms with E-state index in [1.807, 2.05) is 0 Å². The number of hydrogen-bond acceptors (Lipinski definition) is 6. The second kappa shape index (κ2) is 9.62. The van der Waals surface area contributed by atoms with Crippen LogP contribution in [0.2, 0.25) is 0 Å². The largest absolute Gasteiger partial charge is 0.456 e. The van der Waals surface area contributed by atoms with Gasteiger partial charge in [-0.25, -0.2) is 9.59 Å². The van der Waals surface area contributed by atoms with E-state index in [1.165, 1.54) is 0 Å². The molecule has 2 unspecified atom stereocenters. The van der Waals surface area contributed by atoms with Crippen LogP contribution in [0.1, 0.15) is 37.6 Å². The van der Waals surface area contributed by atoms with Crippen LogP contribution in [0.25, 0.3) is 0 Å². The van der Waals surface area contributed by atoms with Gasteiger partial charge in [0, 0.05) is 16.5 Å². The molecule has 0 N–H and O–H groups in total. The highest BCUT2D eigenvalue weighted by atomic mass is 79.9. The van der Waals surface area contributed by atoms with Crippen molar-refractivity contribution in [2.75, 3.05) is 13.2 Å². The van der Waals surface area contributed by atoms with E-state index < -0.39 is 48.8 Å². The van der Waals surface area contributed by atoms with Gasteiger partial charge in [0.1, 0.15) is 11.6 Å². The van der Waals surface area contributed by atoms with E-state index in [4.69, 9.17) is 9.47 Å². The minimum atomic E-state index is -3.05. The maximum absolute atomic E-state index is 12.6. The smallest absolute Gasteiger partial charge is 0.411 e. The Labute approximate surface area is 175 Å².